The van der Waals surface area contributed by atoms with E-state index in [1.165, 1.54) is 10.8 Å². The topological polar surface area (TPSA) is 119 Å². The molecule has 2 rings (SSSR count). The van der Waals surface area contributed by atoms with Crippen molar-refractivity contribution in [1.29, 1.82) is 5.26 Å². The summed E-state index contributed by atoms with van der Waals surface area (Å²) >= 11 is 1.05. The molecular weight excluding hydrogens is 464 g/mol. The molecule has 1 aromatic heterocycles. The Balaban J connectivity index is 2.35. The van der Waals surface area contributed by atoms with Crippen molar-refractivity contribution in [2.24, 2.45) is 0 Å². The number of anilines is 2. The molecule has 0 atom stereocenters. The lowest BCUT2D eigenvalue weighted by atomic mass is 10.2. The Kier molecular flexibility index (Phi) is 10.3. The second-order valence-electron chi connectivity index (χ2n) is 7.18. The van der Waals surface area contributed by atoms with Gasteiger partial charge in [0.1, 0.15) is 15.3 Å². The SMILES string of the molecule is C#CCNC(=O)C(=C=c1sc(=C=CNc2cccc(NC(=O)CN(C)CC)c2)c(=O)n1CC)C#N. The van der Waals surface area contributed by atoms with Gasteiger partial charge in [-0.1, -0.05) is 41.7 Å². The minimum atomic E-state index is -0.662. The molecule has 0 fully saturated rings. The summed E-state index contributed by atoms with van der Waals surface area (Å²) in [6, 6.07) is 8.92. The highest BCUT2D eigenvalue weighted by Crippen LogP contribution is 2.14. The second-order valence-corrected chi connectivity index (χ2v) is 8.18. The van der Waals surface area contributed by atoms with Gasteiger partial charge in [0, 0.05) is 24.1 Å². The molecule has 0 aliphatic heterocycles. The number of hydrogen-bond acceptors (Lipinski definition) is 7. The maximum atomic E-state index is 12.7. The minimum absolute atomic E-state index is 0.0230. The van der Waals surface area contributed by atoms with E-state index in [-0.39, 0.29) is 34.7 Å². The normalized spacial score (nSPS) is 9.77. The molecule has 180 valence electrons. The minimum Gasteiger partial charge on any atom is -0.355 e. The van der Waals surface area contributed by atoms with Crippen LogP contribution in [0.3, 0.4) is 0 Å². The molecule has 0 spiro atoms. The molecule has 3 N–H and O–H groups in total. The molecular formula is C25H26N6O3S. The Morgan fingerprint density at radius 1 is 1.29 bits per heavy atom. The van der Waals surface area contributed by atoms with Crippen molar-refractivity contribution in [3.63, 3.8) is 0 Å². The van der Waals surface area contributed by atoms with Crippen molar-refractivity contribution in [3.8, 4) is 18.4 Å². The second kappa shape index (κ2) is 13.4. The van der Waals surface area contributed by atoms with Gasteiger partial charge in [-0.25, -0.2) is 0 Å². The van der Waals surface area contributed by atoms with Crippen molar-refractivity contribution in [1.82, 2.24) is 14.8 Å². The number of nitrogens with zero attached hydrogens (tertiary/aromatic N) is 3. The van der Waals surface area contributed by atoms with Gasteiger partial charge in [-0.3, -0.25) is 23.9 Å². The van der Waals surface area contributed by atoms with Crippen LogP contribution in [-0.2, 0) is 16.1 Å². The van der Waals surface area contributed by atoms with E-state index in [9.17, 15) is 19.6 Å². The number of benzene rings is 1. The van der Waals surface area contributed by atoms with Crippen LogP contribution in [-0.4, -0.2) is 48.0 Å². The summed E-state index contributed by atoms with van der Waals surface area (Å²) in [5.41, 5.74) is 6.34. The lowest BCUT2D eigenvalue weighted by Crippen LogP contribution is -2.30. The number of thiazole rings is 1. The largest absolute Gasteiger partial charge is 0.355 e. The third-order valence-electron chi connectivity index (χ3n) is 4.66. The van der Waals surface area contributed by atoms with E-state index in [1.54, 1.807) is 37.3 Å². The molecule has 9 nitrogen and oxygen atoms in total. The third-order valence-corrected chi connectivity index (χ3v) is 5.68. The highest BCUT2D eigenvalue weighted by molar-refractivity contribution is 7.07. The van der Waals surface area contributed by atoms with E-state index in [0.717, 1.165) is 17.9 Å². The molecule has 0 unspecified atom stereocenters. The molecule has 1 aromatic carbocycles. The summed E-state index contributed by atoms with van der Waals surface area (Å²) in [6.07, 6.45) is 6.61. The van der Waals surface area contributed by atoms with Crippen molar-refractivity contribution in [3.05, 3.63) is 55.6 Å². The van der Waals surface area contributed by atoms with Gasteiger partial charge in [-0.05, 0) is 38.7 Å². The van der Waals surface area contributed by atoms with Crippen molar-refractivity contribution in [2.75, 3.05) is 37.3 Å². The van der Waals surface area contributed by atoms with Gasteiger partial charge in [-0.15, -0.1) is 6.42 Å². The molecule has 35 heavy (non-hydrogen) atoms. The summed E-state index contributed by atoms with van der Waals surface area (Å²) in [5, 5.41) is 17.6. The molecule has 0 radical (unpaired) electrons. The zero-order chi connectivity index (χ0) is 25.8. The van der Waals surface area contributed by atoms with Crippen molar-refractivity contribution < 1.29 is 9.59 Å². The number of hydrogen-bond donors (Lipinski definition) is 3. The van der Waals surface area contributed by atoms with Gasteiger partial charge in [-0.2, -0.15) is 5.26 Å². The maximum Gasteiger partial charge on any atom is 0.277 e. The predicted octanol–water partition coefficient (Wildman–Crippen LogP) is 0.404. The van der Waals surface area contributed by atoms with Crippen LogP contribution < -0.4 is 30.7 Å². The molecule has 2 aromatic rings. The van der Waals surface area contributed by atoms with Crippen LogP contribution >= 0.6 is 11.3 Å². The summed E-state index contributed by atoms with van der Waals surface area (Å²) in [7, 11) is 1.86. The average Bonchev–Trinajstić information content (AvgIpc) is 3.14. The molecule has 1 heterocycles. The Bertz CT molecular complexity index is 1430. The number of aromatic nitrogens is 1. The third kappa shape index (κ3) is 7.90. The maximum absolute atomic E-state index is 12.7. The van der Waals surface area contributed by atoms with E-state index in [1.807, 2.05) is 18.9 Å². The lowest BCUT2D eigenvalue weighted by Gasteiger charge is -2.13. The number of nitriles is 1. The molecule has 2 amide bonds. The fraction of sp³-hybridized carbons (Fsp3) is 0.280. The molecule has 0 saturated carbocycles. The van der Waals surface area contributed by atoms with Crippen LogP contribution in [0.15, 0.2) is 40.8 Å². The van der Waals surface area contributed by atoms with E-state index >= 15 is 0 Å². The van der Waals surface area contributed by atoms with E-state index in [4.69, 9.17) is 6.42 Å². The number of amides is 2. The number of terminal acetylenes is 1. The van der Waals surface area contributed by atoms with Gasteiger partial charge in [0.15, 0.2) is 5.57 Å². The first-order valence-electron chi connectivity index (χ1n) is 10.7. The highest BCUT2D eigenvalue weighted by atomic mass is 32.1. The Morgan fingerprint density at radius 3 is 2.69 bits per heavy atom. The first-order valence-corrected chi connectivity index (χ1v) is 11.6. The number of rotatable bonds is 9. The van der Waals surface area contributed by atoms with E-state index in [0.29, 0.717) is 22.6 Å². The standard InChI is InChI=1S/C25H26N6O3S/c1-5-12-28-24(33)18(16-26)14-23-31(7-3)25(34)21(35-23)11-13-27-19-9-8-10-20(15-19)29-22(32)17-30(4)6-2/h1,8-10,13,15,27H,6-7,12,17H2,2-4H3,(H,28,33)(H,29,32). The van der Waals surface area contributed by atoms with Crippen LogP contribution in [0.2, 0.25) is 0 Å². The quantitative estimate of drug-likeness (QED) is 0.266. The molecule has 0 aliphatic rings. The summed E-state index contributed by atoms with van der Waals surface area (Å²) in [5.74, 6) is 1.48. The summed E-state index contributed by atoms with van der Waals surface area (Å²) in [4.78, 5) is 38.8. The number of nitrogens with one attached hydrogen (secondary N) is 3. The zero-order valence-electron chi connectivity index (χ0n) is 19.8. The zero-order valence-corrected chi connectivity index (χ0v) is 20.6. The number of carbonyl (C=O) groups is 2. The summed E-state index contributed by atoms with van der Waals surface area (Å²) < 4.78 is 1.99. The Morgan fingerprint density at radius 2 is 2.03 bits per heavy atom. The smallest absolute Gasteiger partial charge is 0.277 e. The average molecular weight is 491 g/mol. The van der Waals surface area contributed by atoms with Crippen LogP contribution in [0.5, 0.6) is 0 Å². The fourth-order valence-electron chi connectivity index (χ4n) is 2.77. The van der Waals surface area contributed by atoms with Gasteiger partial charge < -0.3 is 16.0 Å². The number of carbonyl (C=O) groups excluding carboxylic acids is 2. The van der Waals surface area contributed by atoms with Crippen LogP contribution in [0.25, 0.3) is 11.5 Å². The van der Waals surface area contributed by atoms with Crippen molar-refractivity contribution >= 4 is 46.0 Å². The van der Waals surface area contributed by atoms with E-state index in [2.05, 4.69) is 33.3 Å². The first kappa shape index (κ1) is 26.9. The fourth-order valence-corrected chi connectivity index (χ4v) is 3.76. The van der Waals surface area contributed by atoms with Crippen LogP contribution in [0.1, 0.15) is 13.8 Å². The van der Waals surface area contributed by atoms with Gasteiger partial charge >= 0.3 is 0 Å². The van der Waals surface area contributed by atoms with E-state index < -0.39 is 5.91 Å². The van der Waals surface area contributed by atoms with Gasteiger partial charge in [0.25, 0.3) is 11.5 Å². The lowest BCUT2D eigenvalue weighted by molar-refractivity contribution is -0.117. The molecule has 10 heteroatoms. The number of likely N-dealkylation sites (N-methyl/N-ethyl adjacent to an activating group) is 1. The van der Waals surface area contributed by atoms with Crippen molar-refractivity contribution in [2.45, 2.75) is 20.4 Å². The first-order chi connectivity index (χ1) is 16.8. The van der Waals surface area contributed by atoms with Gasteiger partial charge in [0.2, 0.25) is 5.91 Å². The molecule has 0 bridgehead atoms. The molecule has 0 saturated heterocycles. The highest BCUT2D eigenvalue weighted by Gasteiger charge is 2.09. The van der Waals surface area contributed by atoms with Crippen LogP contribution in [0.4, 0.5) is 11.4 Å². The monoisotopic (exact) mass is 490 g/mol. The molecule has 0 aliphatic carbocycles. The Hall–Kier alpha value is -4.30. The van der Waals surface area contributed by atoms with Crippen LogP contribution in [0, 0.1) is 23.7 Å². The predicted molar refractivity (Wildman–Crippen MR) is 138 cm³/mol. The Labute approximate surface area is 207 Å². The van der Waals surface area contributed by atoms with Gasteiger partial charge in [0.05, 0.1) is 13.1 Å². The summed E-state index contributed by atoms with van der Waals surface area (Å²) in [6.45, 7) is 5.10.